The van der Waals surface area contributed by atoms with Gasteiger partial charge in [0.2, 0.25) is 0 Å². The quantitative estimate of drug-likeness (QED) is 0.724. The molecule has 0 radical (unpaired) electrons. The van der Waals surface area contributed by atoms with E-state index in [9.17, 15) is 0 Å². The third kappa shape index (κ3) is 4.56. The van der Waals surface area contributed by atoms with E-state index in [4.69, 9.17) is 11.6 Å². The summed E-state index contributed by atoms with van der Waals surface area (Å²) >= 11 is 9.78. The van der Waals surface area contributed by atoms with Gasteiger partial charge in [-0.1, -0.05) is 63.9 Å². The average molecular weight is 393 g/mol. The second-order valence-corrected chi connectivity index (χ2v) is 6.85. The van der Waals surface area contributed by atoms with Crippen molar-refractivity contribution in [2.45, 2.75) is 6.54 Å². The summed E-state index contributed by atoms with van der Waals surface area (Å²) in [5, 5.41) is 7.58. The van der Waals surface area contributed by atoms with Gasteiger partial charge in [0.15, 0.2) is 0 Å². The number of benzene rings is 2. The van der Waals surface area contributed by atoms with Gasteiger partial charge in [-0.15, -0.1) is 0 Å². The number of rotatable bonds is 4. The molecule has 23 heavy (non-hydrogen) atoms. The van der Waals surface area contributed by atoms with E-state index in [-0.39, 0.29) is 0 Å². The van der Waals surface area contributed by atoms with Gasteiger partial charge in [0.25, 0.3) is 0 Å². The highest BCUT2D eigenvalue weighted by molar-refractivity contribution is 9.10. The smallest absolute Gasteiger partial charge is 0.0554 e. The maximum Gasteiger partial charge on any atom is 0.0554 e. The van der Waals surface area contributed by atoms with Gasteiger partial charge in [0.05, 0.1) is 6.21 Å². The van der Waals surface area contributed by atoms with Crippen LogP contribution in [0.1, 0.15) is 11.1 Å². The second-order valence-electron chi connectivity index (χ2n) is 5.59. The van der Waals surface area contributed by atoms with Crippen LogP contribution in [-0.2, 0) is 6.54 Å². The van der Waals surface area contributed by atoms with E-state index in [1.165, 1.54) is 5.56 Å². The first-order chi connectivity index (χ1) is 11.2. The van der Waals surface area contributed by atoms with E-state index in [2.05, 4.69) is 43.1 Å². The van der Waals surface area contributed by atoms with Crippen molar-refractivity contribution in [1.82, 2.24) is 9.91 Å². The summed E-state index contributed by atoms with van der Waals surface area (Å²) in [6, 6.07) is 16.2. The molecule has 1 aliphatic heterocycles. The van der Waals surface area contributed by atoms with Gasteiger partial charge in [-0.3, -0.25) is 9.91 Å². The lowest BCUT2D eigenvalue weighted by Gasteiger charge is -2.33. The first-order valence-electron chi connectivity index (χ1n) is 7.71. The zero-order valence-corrected chi connectivity index (χ0v) is 15.2. The van der Waals surface area contributed by atoms with Crippen molar-refractivity contribution >= 4 is 33.7 Å². The number of halogens is 2. The summed E-state index contributed by atoms with van der Waals surface area (Å²) in [4.78, 5) is 2.42. The monoisotopic (exact) mass is 391 g/mol. The fraction of sp³-hybridized carbons (Fsp3) is 0.278. The van der Waals surface area contributed by atoms with E-state index in [0.29, 0.717) is 0 Å². The maximum absolute atomic E-state index is 6.24. The predicted octanol–water partition coefficient (Wildman–Crippen LogP) is 4.25. The van der Waals surface area contributed by atoms with Crippen molar-refractivity contribution in [1.29, 1.82) is 0 Å². The van der Waals surface area contributed by atoms with Crippen molar-refractivity contribution in [3.8, 4) is 0 Å². The molecule has 0 atom stereocenters. The van der Waals surface area contributed by atoms with Crippen LogP contribution in [0.25, 0.3) is 0 Å². The first-order valence-corrected chi connectivity index (χ1v) is 8.89. The SMILES string of the molecule is Clc1ccccc1CN1CCN(/N=C\c2ccccc2Br)CC1. The van der Waals surface area contributed by atoms with Crippen molar-refractivity contribution in [2.75, 3.05) is 26.2 Å². The minimum Gasteiger partial charge on any atom is -0.295 e. The molecule has 1 fully saturated rings. The normalized spacial score (nSPS) is 16.2. The topological polar surface area (TPSA) is 18.8 Å². The molecule has 3 rings (SSSR count). The van der Waals surface area contributed by atoms with Crippen molar-refractivity contribution in [3.63, 3.8) is 0 Å². The van der Waals surface area contributed by atoms with Gasteiger partial charge >= 0.3 is 0 Å². The Labute approximate surface area is 150 Å². The van der Waals surface area contributed by atoms with Gasteiger partial charge in [-0.05, 0) is 17.7 Å². The van der Waals surface area contributed by atoms with Crippen LogP contribution in [-0.4, -0.2) is 42.3 Å². The highest BCUT2D eigenvalue weighted by Gasteiger charge is 2.16. The summed E-state index contributed by atoms with van der Waals surface area (Å²) in [5.74, 6) is 0. The van der Waals surface area contributed by atoms with E-state index in [0.717, 1.165) is 47.8 Å². The molecule has 0 amide bonds. The van der Waals surface area contributed by atoms with Gasteiger partial charge in [0, 0.05) is 47.8 Å². The number of hydrogen-bond acceptors (Lipinski definition) is 3. The second kappa shape index (κ2) is 7.95. The van der Waals surface area contributed by atoms with E-state index < -0.39 is 0 Å². The predicted molar refractivity (Wildman–Crippen MR) is 100 cm³/mol. The molecule has 0 saturated carbocycles. The Bertz CT molecular complexity index is 681. The number of hydrazone groups is 1. The molecule has 0 bridgehead atoms. The molecule has 0 spiro atoms. The van der Waals surface area contributed by atoms with Crippen LogP contribution in [0.3, 0.4) is 0 Å². The summed E-state index contributed by atoms with van der Waals surface area (Å²) in [6.07, 6.45) is 1.92. The van der Waals surface area contributed by atoms with Crippen LogP contribution in [0.5, 0.6) is 0 Å². The lowest BCUT2D eigenvalue weighted by atomic mass is 10.2. The molecule has 5 heteroatoms. The molecule has 3 nitrogen and oxygen atoms in total. The van der Waals surface area contributed by atoms with E-state index in [1.54, 1.807) is 0 Å². The Morgan fingerprint density at radius 1 is 1.00 bits per heavy atom. The van der Waals surface area contributed by atoms with Crippen LogP contribution in [0.4, 0.5) is 0 Å². The summed E-state index contributed by atoms with van der Waals surface area (Å²) in [6.45, 7) is 4.77. The molecule has 0 unspecified atom stereocenters. The van der Waals surface area contributed by atoms with Crippen LogP contribution < -0.4 is 0 Å². The van der Waals surface area contributed by atoms with Crippen LogP contribution in [0, 0.1) is 0 Å². The lowest BCUT2D eigenvalue weighted by Crippen LogP contribution is -2.43. The molecule has 2 aromatic carbocycles. The summed E-state index contributed by atoms with van der Waals surface area (Å²) < 4.78 is 1.07. The molecule has 1 heterocycles. The molecule has 1 aliphatic rings. The van der Waals surface area contributed by atoms with E-state index >= 15 is 0 Å². The Morgan fingerprint density at radius 2 is 1.70 bits per heavy atom. The highest BCUT2D eigenvalue weighted by atomic mass is 79.9. The Morgan fingerprint density at radius 3 is 2.43 bits per heavy atom. The number of piperazine rings is 1. The van der Waals surface area contributed by atoms with Crippen LogP contribution in [0.2, 0.25) is 5.02 Å². The van der Waals surface area contributed by atoms with Crippen LogP contribution >= 0.6 is 27.5 Å². The maximum atomic E-state index is 6.24. The van der Waals surface area contributed by atoms with Crippen molar-refractivity contribution in [3.05, 3.63) is 69.2 Å². The average Bonchev–Trinajstić information content (AvgIpc) is 2.57. The Hall–Kier alpha value is -1.36. The summed E-state index contributed by atoms with van der Waals surface area (Å²) in [7, 11) is 0. The third-order valence-corrected chi connectivity index (χ3v) is 5.06. The minimum absolute atomic E-state index is 0.849. The molecule has 0 aliphatic carbocycles. The standard InChI is InChI=1S/C18H19BrClN3/c19-17-7-3-1-5-15(17)13-21-23-11-9-22(10-12-23)14-16-6-2-4-8-18(16)20/h1-8,13H,9-12,14H2/b21-13-. The Balaban J connectivity index is 1.53. The molecular formula is C18H19BrClN3. The van der Waals surface area contributed by atoms with Gasteiger partial charge < -0.3 is 0 Å². The first kappa shape index (κ1) is 16.5. The lowest BCUT2D eigenvalue weighted by molar-refractivity contribution is 0.131. The summed E-state index contributed by atoms with van der Waals surface area (Å²) in [5.41, 5.74) is 2.30. The van der Waals surface area contributed by atoms with Gasteiger partial charge in [-0.2, -0.15) is 5.10 Å². The zero-order valence-electron chi connectivity index (χ0n) is 12.8. The largest absolute Gasteiger partial charge is 0.295 e. The minimum atomic E-state index is 0.849. The third-order valence-electron chi connectivity index (χ3n) is 3.97. The fourth-order valence-electron chi connectivity index (χ4n) is 2.60. The fourth-order valence-corrected chi connectivity index (χ4v) is 3.18. The number of hydrogen-bond donors (Lipinski definition) is 0. The molecule has 120 valence electrons. The molecular weight excluding hydrogens is 374 g/mol. The Kier molecular flexibility index (Phi) is 5.70. The van der Waals surface area contributed by atoms with Gasteiger partial charge in [0.1, 0.15) is 0 Å². The van der Waals surface area contributed by atoms with E-state index in [1.807, 2.05) is 42.6 Å². The van der Waals surface area contributed by atoms with Crippen molar-refractivity contribution in [2.24, 2.45) is 5.10 Å². The van der Waals surface area contributed by atoms with Crippen molar-refractivity contribution < 1.29 is 0 Å². The zero-order chi connectivity index (χ0) is 16.1. The molecule has 1 saturated heterocycles. The van der Waals surface area contributed by atoms with Crippen LogP contribution in [0.15, 0.2) is 58.1 Å². The molecule has 2 aromatic rings. The molecule has 0 aromatic heterocycles. The molecule has 0 N–H and O–H groups in total. The number of nitrogens with zero attached hydrogens (tertiary/aromatic N) is 3. The van der Waals surface area contributed by atoms with Gasteiger partial charge in [-0.25, -0.2) is 0 Å². The highest BCUT2D eigenvalue weighted by Crippen LogP contribution is 2.18.